The van der Waals surface area contributed by atoms with E-state index in [1.54, 1.807) is 20.8 Å². The lowest BCUT2D eigenvalue weighted by Gasteiger charge is -2.64. The molecule has 6 fully saturated rings. The monoisotopic (exact) mass is 848 g/mol. The van der Waals surface area contributed by atoms with Gasteiger partial charge in [0, 0.05) is 0 Å². The van der Waals surface area contributed by atoms with E-state index in [9.17, 15) is 53.5 Å². The van der Waals surface area contributed by atoms with Gasteiger partial charge in [0.2, 0.25) is 0 Å². The van der Waals surface area contributed by atoms with E-state index in [-0.39, 0.29) is 18.3 Å². The van der Waals surface area contributed by atoms with Crippen LogP contribution in [0.25, 0.3) is 0 Å². The second kappa shape index (κ2) is 14.6. The fourth-order valence-corrected chi connectivity index (χ4v) is 13.4. The maximum Gasteiger partial charge on any atom is 0.397 e. The van der Waals surface area contributed by atoms with E-state index in [2.05, 4.69) is 25.0 Å². The molecule has 17 nitrogen and oxygen atoms in total. The molecule has 3 saturated heterocycles. The van der Waals surface area contributed by atoms with E-state index >= 15 is 0 Å². The third-order valence-corrected chi connectivity index (χ3v) is 16.5. The minimum absolute atomic E-state index is 0.0300. The topological polar surface area (TPSA) is 268 Å². The molecule has 0 bridgehead atoms. The number of allylic oxidation sites excluding steroid dienone is 1. The zero-order chi connectivity index (χ0) is 42.8. The van der Waals surface area contributed by atoms with Gasteiger partial charge in [0.05, 0.1) is 31.0 Å². The van der Waals surface area contributed by atoms with Crippen LogP contribution in [0.4, 0.5) is 0 Å². The lowest BCUT2D eigenvalue weighted by molar-refractivity contribution is -0.354. The van der Waals surface area contributed by atoms with Crippen molar-refractivity contribution in [1.29, 1.82) is 0 Å². The summed E-state index contributed by atoms with van der Waals surface area (Å²) in [4.78, 5) is 14.3. The van der Waals surface area contributed by atoms with Crippen molar-refractivity contribution in [3.05, 3.63) is 11.6 Å². The van der Waals surface area contributed by atoms with Crippen molar-refractivity contribution in [3.8, 4) is 0 Å². The second-order valence-corrected chi connectivity index (χ2v) is 21.2. The number of esters is 1. The van der Waals surface area contributed by atoms with Crippen LogP contribution in [0.5, 0.6) is 0 Å². The molecule has 7 aliphatic rings. The van der Waals surface area contributed by atoms with Crippen LogP contribution >= 0.6 is 0 Å². The van der Waals surface area contributed by atoms with Crippen LogP contribution < -0.4 is 0 Å². The molecule has 58 heavy (non-hydrogen) atoms. The van der Waals surface area contributed by atoms with Crippen molar-refractivity contribution in [3.63, 3.8) is 0 Å². The van der Waals surface area contributed by atoms with Crippen molar-refractivity contribution < 1.29 is 81.4 Å². The summed E-state index contributed by atoms with van der Waals surface area (Å²) in [6, 6.07) is 0. The van der Waals surface area contributed by atoms with Crippen LogP contribution in [0.15, 0.2) is 11.6 Å². The molecule has 3 saturated carbocycles. The molecule has 0 aromatic rings. The molecule has 3 heterocycles. The Morgan fingerprint density at radius 2 is 1.55 bits per heavy atom. The molecule has 7 rings (SSSR count). The van der Waals surface area contributed by atoms with Crippen molar-refractivity contribution in [2.24, 2.45) is 33.5 Å². The van der Waals surface area contributed by atoms with Gasteiger partial charge in [-0.2, -0.15) is 8.42 Å². The van der Waals surface area contributed by atoms with Crippen LogP contribution in [-0.4, -0.2) is 146 Å². The lowest BCUT2D eigenvalue weighted by Crippen LogP contribution is -2.68. The Morgan fingerprint density at radius 3 is 2.21 bits per heavy atom. The molecule has 5 unspecified atom stereocenters. The van der Waals surface area contributed by atoms with Gasteiger partial charge < -0.3 is 59.4 Å². The van der Waals surface area contributed by atoms with Gasteiger partial charge in [-0.25, -0.2) is 4.18 Å². The van der Waals surface area contributed by atoms with Crippen LogP contribution in [0.1, 0.15) is 106 Å². The third kappa shape index (κ3) is 6.66. The normalized spacial score (nSPS) is 50.3. The second-order valence-electron chi connectivity index (χ2n) is 20.1. The maximum atomic E-state index is 14.3. The molecule has 332 valence electrons. The first kappa shape index (κ1) is 44.7. The van der Waals surface area contributed by atoms with Gasteiger partial charge in [0.1, 0.15) is 53.2 Å². The van der Waals surface area contributed by atoms with E-state index in [1.807, 2.05) is 13.0 Å². The molecule has 17 atom stereocenters. The minimum atomic E-state index is -5.03. The Balaban J connectivity index is 1.14. The Labute approximate surface area is 339 Å². The zero-order valence-corrected chi connectivity index (χ0v) is 35.3. The van der Waals surface area contributed by atoms with Crippen LogP contribution in [-0.2, 0) is 43.1 Å². The summed E-state index contributed by atoms with van der Waals surface area (Å²) in [5.41, 5.74) is -6.24. The molecule has 0 radical (unpaired) electrons. The van der Waals surface area contributed by atoms with Crippen molar-refractivity contribution in [2.75, 3.05) is 13.2 Å². The van der Waals surface area contributed by atoms with E-state index in [1.165, 1.54) is 0 Å². The molecule has 1 spiro atoms. The Hall–Kier alpha value is -1.36. The summed E-state index contributed by atoms with van der Waals surface area (Å²) in [6.07, 6.45) is -8.23. The van der Waals surface area contributed by atoms with Gasteiger partial charge in [-0.05, 0) is 107 Å². The van der Waals surface area contributed by atoms with E-state index in [0.717, 1.165) is 5.57 Å². The van der Waals surface area contributed by atoms with Gasteiger partial charge in [-0.3, -0.25) is 9.35 Å². The fraction of sp³-hybridized carbons (Fsp3) is 0.925. The molecular weight excluding hydrogens is 784 g/mol. The molecule has 8 N–H and O–H groups in total. The van der Waals surface area contributed by atoms with Gasteiger partial charge >= 0.3 is 16.4 Å². The minimum Gasteiger partial charge on any atom is -0.456 e. The zero-order valence-electron chi connectivity index (χ0n) is 34.4. The summed E-state index contributed by atoms with van der Waals surface area (Å²) in [7, 11) is -5.03. The number of hydrogen-bond donors (Lipinski definition) is 8. The summed E-state index contributed by atoms with van der Waals surface area (Å²) >= 11 is 0. The number of ether oxygens (including phenoxy) is 5. The number of aliphatic hydroxyl groups is 7. The predicted molar refractivity (Wildman–Crippen MR) is 200 cm³/mol. The van der Waals surface area contributed by atoms with Crippen molar-refractivity contribution in [2.45, 2.75) is 184 Å². The van der Waals surface area contributed by atoms with Gasteiger partial charge in [-0.15, -0.1) is 0 Å². The predicted octanol–water partition coefficient (Wildman–Crippen LogP) is 1.03. The Bertz CT molecular complexity index is 1730. The molecule has 0 aromatic heterocycles. The van der Waals surface area contributed by atoms with Crippen molar-refractivity contribution >= 4 is 16.4 Å². The largest absolute Gasteiger partial charge is 0.456 e. The number of carbonyl (C=O) groups is 1. The Morgan fingerprint density at radius 1 is 0.879 bits per heavy atom. The first-order valence-corrected chi connectivity index (χ1v) is 22.0. The first-order valence-electron chi connectivity index (χ1n) is 20.7. The fourth-order valence-electron chi connectivity index (χ4n) is 13.0. The molecule has 0 amide bonds. The number of hydrogen-bond acceptors (Lipinski definition) is 16. The number of fused-ring (bicyclic) bond motifs is 4. The summed E-state index contributed by atoms with van der Waals surface area (Å²) in [6.45, 7) is 12.6. The third-order valence-electron chi connectivity index (χ3n) is 16.0. The Kier molecular flexibility index (Phi) is 11.3. The SMILES string of the molecule is CC(C)(O)CCC[C@]1(C)OC(=O)C23C(O)C=C4C(CCC5C(C)(C)C(O[C@@H]6OC[C@@H](OS(=O)(=O)O)[C@H](O)[C@H]6O[C@@H]6OC[C@@H](O)[C@H](O)[C@H]6O)CC[C@]45C)[C@]2(C)CC[C@@]31O. The molecule has 4 aliphatic carbocycles. The highest BCUT2D eigenvalue weighted by atomic mass is 32.3. The van der Waals surface area contributed by atoms with E-state index in [0.29, 0.717) is 51.4 Å². The number of carbonyl (C=O) groups excluding carboxylic acids is 1. The van der Waals surface area contributed by atoms with Crippen LogP contribution in [0.3, 0.4) is 0 Å². The summed E-state index contributed by atoms with van der Waals surface area (Å²) < 4.78 is 67.2. The van der Waals surface area contributed by atoms with Crippen molar-refractivity contribution in [1.82, 2.24) is 0 Å². The first-order chi connectivity index (χ1) is 26.7. The van der Waals surface area contributed by atoms with Crippen LogP contribution in [0.2, 0.25) is 0 Å². The van der Waals surface area contributed by atoms with Gasteiger partial charge in [0.25, 0.3) is 0 Å². The highest BCUT2D eigenvalue weighted by Gasteiger charge is 2.85. The smallest absolute Gasteiger partial charge is 0.397 e. The molecule has 18 heteroatoms. The van der Waals surface area contributed by atoms with Gasteiger partial charge in [-0.1, -0.05) is 39.3 Å². The quantitative estimate of drug-likeness (QED) is 0.0660. The van der Waals surface area contributed by atoms with Gasteiger partial charge in [0.15, 0.2) is 12.6 Å². The van der Waals surface area contributed by atoms with E-state index in [4.69, 9.17) is 23.7 Å². The average molecular weight is 849 g/mol. The summed E-state index contributed by atoms with van der Waals surface area (Å²) in [5.74, 6) is -0.755. The number of cyclic esters (lactones) is 1. The molecule has 0 aromatic carbocycles. The molecular formula is C40H64O17S. The number of rotatable bonds is 10. The van der Waals surface area contributed by atoms with E-state index < -0.39 is 129 Å². The standard InChI is InChI=1S/C40H64O17S/c1-34(2,47)12-8-13-38(7)39(48)16-15-37(6)20-9-10-24-35(3,4)26(11-14-36(24,5)21(20)17-25(42)40(37,39)33(46)56-38)54-32-30(28(44)23(19-53-32)57-58(49,50)51)55-31-29(45)27(43)22(41)18-52-31/h17,20,22-32,41-45,47-48H,8-16,18-19H2,1-7H3,(H,49,50,51)/t20?,22-,23-,24?,25?,26?,27+,28+,29-,30-,31+,32+,36-,37+,38+,39+,40?/m1/s1. The van der Waals surface area contributed by atoms with Crippen LogP contribution in [0, 0.1) is 33.5 Å². The highest BCUT2D eigenvalue weighted by Crippen LogP contribution is 2.77. The lowest BCUT2D eigenvalue weighted by atomic mass is 9.40. The summed E-state index contributed by atoms with van der Waals surface area (Å²) in [5, 5.41) is 77.6. The maximum absolute atomic E-state index is 14.3. The molecule has 3 aliphatic heterocycles. The highest BCUT2D eigenvalue weighted by molar-refractivity contribution is 7.80. The number of aliphatic hydroxyl groups excluding tert-OH is 5. The average Bonchev–Trinajstić information content (AvgIpc) is 3.47.